The molecule has 0 spiro atoms. The van der Waals surface area contributed by atoms with Gasteiger partial charge in [0, 0.05) is 43.1 Å². The van der Waals surface area contributed by atoms with Crippen molar-refractivity contribution in [1.82, 2.24) is 4.31 Å². The predicted octanol–water partition coefficient (Wildman–Crippen LogP) is 2.25. The second-order valence-corrected chi connectivity index (χ2v) is 10.5. The number of nitrogens with zero attached hydrogens (tertiary/aromatic N) is 2. The average Bonchev–Trinajstić information content (AvgIpc) is 2.61. The molecule has 26 heavy (non-hydrogen) atoms. The average molecular weight is 415 g/mol. The van der Waals surface area contributed by atoms with Gasteiger partial charge in [-0.25, -0.2) is 16.8 Å². The molecule has 1 aliphatic rings. The third-order valence-corrected chi connectivity index (χ3v) is 7.58. The van der Waals surface area contributed by atoms with Gasteiger partial charge in [0.05, 0.1) is 9.79 Å². The molecular formula is C17H19ClN2O4S2. The van der Waals surface area contributed by atoms with Crippen molar-refractivity contribution in [3.05, 3.63) is 53.6 Å². The first-order chi connectivity index (χ1) is 12.2. The molecule has 9 heteroatoms. The Bertz CT molecular complexity index is 997. The van der Waals surface area contributed by atoms with Crippen LogP contribution in [0, 0.1) is 0 Å². The van der Waals surface area contributed by atoms with Crippen molar-refractivity contribution in [2.75, 3.05) is 37.3 Å². The quantitative estimate of drug-likeness (QED) is 0.767. The largest absolute Gasteiger partial charge is 0.369 e. The second-order valence-electron chi connectivity index (χ2n) is 6.11. The highest BCUT2D eigenvalue weighted by atomic mass is 35.5. The number of hydrogen-bond acceptors (Lipinski definition) is 5. The highest BCUT2D eigenvalue weighted by Crippen LogP contribution is 2.24. The maximum absolute atomic E-state index is 12.8. The molecule has 0 bridgehead atoms. The van der Waals surface area contributed by atoms with E-state index in [2.05, 4.69) is 4.90 Å². The first-order valence-corrected chi connectivity index (χ1v) is 11.7. The Labute approximate surface area is 159 Å². The van der Waals surface area contributed by atoms with E-state index in [4.69, 9.17) is 11.6 Å². The van der Waals surface area contributed by atoms with E-state index >= 15 is 0 Å². The molecule has 2 aromatic carbocycles. The Balaban J connectivity index is 1.74. The summed E-state index contributed by atoms with van der Waals surface area (Å²) in [7, 11) is -7.01. The Kier molecular flexibility index (Phi) is 5.30. The normalized spacial score (nSPS) is 16.6. The predicted molar refractivity (Wildman–Crippen MR) is 102 cm³/mol. The topological polar surface area (TPSA) is 74.8 Å². The van der Waals surface area contributed by atoms with Crippen molar-refractivity contribution in [3.8, 4) is 0 Å². The van der Waals surface area contributed by atoms with Crippen molar-refractivity contribution < 1.29 is 16.8 Å². The molecule has 0 atom stereocenters. The van der Waals surface area contributed by atoms with Crippen LogP contribution in [0.25, 0.3) is 0 Å². The monoisotopic (exact) mass is 414 g/mol. The molecule has 0 saturated carbocycles. The highest BCUT2D eigenvalue weighted by molar-refractivity contribution is 7.90. The van der Waals surface area contributed by atoms with Gasteiger partial charge < -0.3 is 4.90 Å². The fourth-order valence-corrected chi connectivity index (χ4v) is 5.10. The number of piperazine rings is 1. The van der Waals surface area contributed by atoms with E-state index in [0.29, 0.717) is 31.2 Å². The summed E-state index contributed by atoms with van der Waals surface area (Å²) in [6.45, 7) is 1.81. The number of halogens is 1. The van der Waals surface area contributed by atoms with Crippen LogP contribution in [0.2, 0.25) is 5.02 Å². The SMILES string of the molecule is CS(=O)(=O)c1ccc(S(=O)(=O)N2CCN(c3cccc(Cl)c3)CC2)cc1. The van der Waals surface area contributed by atoms with Crippen molar-refractivity contribution >= 4 is 37.1 Å². The molecule has 0 unspecified atom stereocenters. The van der Waals surface area contributed by atoms with Crippen LogP contribution in [0.1, 0.15) is 0 Å². The van der Waals surface area contributed by atoms with Gasteiger partial charge in [-0.1, -0.05) is 17.7 Å². The standard InChI is InChI=1S/C17H19ClN2O4S2/c1-25(21,22)16-5-7-17(8-6-16)26(23,24)20-11-9-19(10-12-20)15-4-2-3-14(18)13-15/h2-8,13H,9-12H2,1H3. The number of sulfone groups is 1. The van der Waals surface area contributed by atoms with Crippen LogP contribution >= 0.6 is 11.6 Å². The molecule has 0 radical (unpaired) electrons. The van der Waals surface area contributed by atoms with E-state index in [-0.39, 0.29) is 9.79 Å². The lowest BCUT2D eigenvalue weighted by atomic mass is 10.2. The molecule has 1 aliphatic heterocycles. The molecule has 3 rings (SSSR count). The highest BCUT2D eigenvalue weighted by Gasteiger charge is 2.28. The molecule has 1 heterocycles. The van der Waals surface area contributed by atoms with Gasteiger partial charge >= 0.3 is 0 Å². The summed E-state index contributed by atoms with van der Waals surface area (Å²) >= 11 is 6.01. The summed E-state index contributed by atoms with van der Waals surface area (Å²) < 4.78 is 50.0. The summed E-state index contributed by atoms with van der Waals surface area (Å²) in [6.07, 6.45) is 1.09. The van der Waals surface area contributed by atoms with E-state index in [1.807, 2.05) is 18.2 Å². The molecule has 140 valence electrons. The molecule has 0 amide bonds. The Hall–Kier alpha value is -1.61. The lowest BCUT2D eigenvalue weighted by molar-refractivity contribution is 0.385. The van der Waals surface area contributed by atoms with E-state index in [0.717, 1.165) is 11.9 Å². The lowest BCUT2D eigenvalue weighted by Gasteiger charge is -2.35. The minimum atomic E-state index is -3.65. The van der Waals surface area contributed by atoms with Crippen LogP contribution in [-0.2, 0) is 19.9 Å². The van der Waals surface area contributed by atoms with Crippen molar-refractivity contribution in [1.29, 1.82) is 0 Å². The van der Waals surface area contributed by atoms with Crippen LogP contribution in [0.15, 0.2) is 58.3 Å². The van der Waals surface area contributed by atoms with Crippen LogP contribution in [0.5, 0.6) is 0 Å². The van der Waals surface area contributed by atoms with E-state index < -0.39 is 19.9 Å². The van der Waals surface area contributed by atoms with Gasteiger partial charge in [-0.15, -0.1) is 0 Å². The zero-order valence-corrected chi connectivity index (χ0v) is 16.6. The van der Waals surface area contributed by atoms with Crippen molar-refractivity contribution in [2.24, 2.45) is 0 Å². The smallest absolute Gasteiger partial charge is 0.243 e. The summed E-state index contributed by atoms with van der Waals surface area (Å²) in [5.74, 6) is 0. The minimum Gasteiger partial charge on any atom is -0.369 e. The van der Waals surface area contributed by atoms with Crippen LogP contribution in [0.3, 0.4) is 0 Å². The summed E-state index contributed by atoms with van der Waals surface area (Å²) in [5.41, 5.74) is 0.965. The van der Waals surface area contributed by atoms with Crippen LogP contribution in [0.4, 0.5) is 5.69 Å². The maximum atomic E-state index is 12.8. The molecule has 0 aliphatic carbocycles. The number of sulfonamides is 1. The van der Waals surface area contributed by atoms with Gasteiger partial charge in [0.1, 0.15) is 0 Å². The lowest BCUT2D eigenvalue weighted by Crippen LogP contribution is -2.48. The van der Waals surface area contributed by atoms with Gasteiger partial charge in [0.25, 0.3) is 0 Å². The third-order valence-electron chi connectivity index (χ3n) is 4.30. The van der Waals surface area contributed by atoms with Gasteiger partial charge in [-0.3, -0.25) is 0 Å². The molecule has 0 aromatic heterocycles. The first-order valence-electron chi connectivity index (χ1n) is 7.99. The van der Waals surface area contributed by atoms with Crippen LogP contribution < -0.4 is 4.90 Å². The minimum absolute atomic E-state index is 0.0982. The fraction of sp³-hybridized carbons (Fsp3) is 0.294. The molecular weight excluding hydrogens is 396 g/mol. The van der Waals surface area contributed by atoms with E-state index in [9.17, 15) is 16.8 Å². The zero-order chi connectivity index (χ0) is 18.9. The fourth-order valence-electron chi connectivity index (χ4n) is 2.87. The summed E-state index contributed by atoms with van der Waals surface area (Å²) in [6, 6.07) is 12.8. The Morgan fingerprint density at radius 2 is 1.42 bits per heavy atom. The van der Waals surface area contributed by atoms with Gasteiger partial charge in [0.15, 0.2) is 9.84 Å². The van der Waals surface area contributed by atoms with Crippen molar-refractivity contribution in [3.63, 3.8) is 0 Å². The molecule has 0 N–H and O–H groups in total. The molecule has 2 aromatic rings. The second kappa shape index (κ2) is 7.19. The molecule has 1 fully saturated rings. The third kappa shape index (κ3) is 4.03. The van der Waals surface area contributed by atoms with E-state index in [1.54, 1.807) is 6.07 Å². The van der Waals surface area contributed by atoms with Gasteiger partial charge in [-0.05, 0) is 42.5 Å². The van der Waals surface area contributed by atoms with Gasteiger partial charge in [0.2, 0.25) is 10.0 Å². The maximum Gasteiger partial charge on any atom is 0.243 e. The van der Waals surface area contributed by atoms with Crippen molar-refractivity contribution in [2.45, 2.75) is 9.79 Å². The van der Waals surface area contributed by atoms with E-state index in [1.165, 1.54) is 28.6 Å². The number of anilines is 1. The van der Waals surface area contributed by atoms with Gasteiger partial charge in [-0.2, -0.15) is 4.31 Å². The number of rotatable bonds is 4. The summed E-state index contributed by atoms with van der Waals surface area (Å²) in [4.78, 5) is 2.29. The Morgan fingerprint density at radius 1 is 0.846 bits per heavy atom. The molecule has 1 saturated heterocycles. The zero-order valence-electron chi connectivity index (χ0n) is 14.2. The molecule has 6 nitrogen and oxygen atoms in total. The number of hydrogen-bond donors (Lipinski definition) is 0. The number of benzene rings is 2. The first kappa shape index (κ1) is 19.2. The Morgan fingerprint density at radius 3 is 1.96 bits per heavy atom. The van der Waals surface area contributed by atoms with Crippen LogP contribution in [-0.4, -0.2) is 53.6 Å². The summed E-state index contributed by atoms with van der Waals surface area (Å²) in [5, 5.41) is 0.642.